The number of nitrogens with one attached hydrogen (secondary N) is 1. The normalized spacial score (nSPS) is 25.0. The smallest absolute Gasteiger partial charge is 0.407 e. The highest BCUT2D eigenvalue weighted by Crippen LogP contribution is 2.21. The van der Waals surface area contributed by atoms with Gasteiger partial charge in [0.2, 0.25) is 0 Å². The lowest BCUT2D eigenvalue weighted by Gasteiger charge is -2.18. The van der Waals surface area contributed by atoms with Gasteiger partial charge >= 0.3 is 6.09 Å². The summed E-state index contributed by atoms with van der Waals surface area (Å²) < 4.78 is 5.29. The third kappa shape index (κ3) is 4.64. The van der Waals surface area contributed by atoms with Crippen molar-refractivity contribution in [2.45, 2.75) is 57.9 Å². The number of carbonyl (C=O) groups is 1. The van der Waals surface area contributed by atoms with Crippen molar-refractivity contribution in [2.24, 2.45) is 5.92 Å². The van der Waals surface area contributed by atoms with Gasteiger partial charge in [-0.15, -0.1) is 0 Å². The lowest BCUT2D eigenvalue weighted by atomic mass is 9.99. The maximum Gasteiger partial charge on any atom is 0.407 e. The lowest BCUT2D eigenvalue weighted by molar-refractivity contribution is 0.127. The first kappa shape index (κ1) is 13.7. The van der Waals surface area contributed by atoms with Crippen LogP contribution in [0.5, 0.6) is 0 Å². The average Bonchev–Trinajstić information content (AvgIpc) is 2.44. The fraction of sp³-hybridized carbons (Fsp3) is 0.917. The lowest BCUT2D eigenvalue weighted by Crippen LogP contribution is -2.33. The molecule has 1 fully saturated rings. The number of alkyl carbamates (subject to hydrolysis) is 1. The van der Waals surface area contributed by atoms with Gasteiger partial charge < -0.3 is 10.1 Å². The van der Waals surface area contributed by atoms with Crippen molar-refractivity contribution in [3.63, 3.8) is 0 Å². The summed E-state index contributed by atoms with van der Waals surface area (Å²) >= 11 is 1.92. The maximum atomic E-state index is 11.2. The van der Waals surface area contributed by atoms with Crippen molar-refractivity contribution in [2.75, 3.05) is 5.75 Å². The van der Waals surface area contributed by atoms with Gasteiger partial charge in [-0.3, -0.25) is 0 Å². The molecular weight excluding hydrogens is 222 g/mol. The van der Waals surface area contributed by atoms with Crippen LogP contribution in [0.1, 0.15) is 40.5 Å². The number of hydrogen-bond acceptors (Lipinski definition) is 3. The largest absolute Gasteiger partial charge is 0.444 e. The molecule has 0 aromatic heterocycles. The Morgan fingerprint density at radius 1 is 1.38 bits per heavy atom. The summed E-state index contributed by atoms with van der Waals surface area (Å²) in [6.45, 7) is 8.72. The highest BCUT2D eigenvalue weighted by Gasteiger charge is 2.33. The Morgan fingerprint density at radius 3 is 2.62 bits per heavy atom. The topological polar surface area (TPSA) is 38.3 Å². The van der Waals surface area contributed by atoms with Crippen molar-refractivity contribution < 1.29 is 9.53 Å². The molecule has 3 nitrogen and oxygen atoms in total. The molecule has 2 atom stereocenters. The third-order valence-electron chi connectivity index (χ3n) is 2.59. The molecule has 4 heteroatoms. The van der Waals surface area contributed by atoms with E-state index in [0.29, 0.717) is 11.2 Å². The van der Waals surface area contributed by atoms with Gasteiger partial charge in [0.25, 0.3) is 0 Å². The van der Waals surface area contributed by atoms with Crippen LogP contribution in [0.4, 0.5) is 4.79 Å². The van der Waals surface area contributed by atoms with Crippen molar-refractivity contribution in [3.8, 4) is 0 Å². The van der Waals surface area contributed by atoms with Gasteiger partial charge in [0.1, 0.15) is 6.10 Å². The predicted octanol–water partition coefficient (Wildman–Crippen LogP) is 3.04. The summed E-state index contributed by atoms with van der Waals surface area (Å²) in [5.74, 6) is 1.65. The zero-order chi connectivity index (χ0) is 12.1. The van der Waals surface area contributed by atoms with E-state index < -0.39 is 0 Å². The number of rotatable bonds is 6. The summed E-state index contributed by atoms with van der Waals surface area (Å²) in [4.78, 5) is 11.2. The molecule has 0 saturated carbocycles. The van der Waals surface area contributed by atoms with Crippen LogP contribution in [0.25, 0.3) is 0 Å². The van der Waals surface area contributed by atoms with Crippen LogP contribution in [0.3, 0.4) is 0 Å². The molecule has 0 radical (unpaired) electrons. The zero-order valence-electron chi connectivity index (χ0n) is 10.7. The number of cyclic esters (lactones) is 1. The molecule has 0 aliphatic carbocycles. The molecule has 0 aromatic rings. The minimum Gasteiger partial charge on any atom is -0.444 e. The van der Waals surface area contributed by atoms with Gasteiger partial charge in [-0.25, -0.2) is 4.79 Å². The van der Waals surface area contributed by atoms with Gasteiger partial charge in [-0.1, -0.05) is 27.7 Å². The van der Waals surface area contributed by atoms with E-state index in [1.807, 2.05) is 11.8 Å². The maximum absolute atomic E-state index is 11.2. The Labute approximate surface area is 103 Å². The first-order valence-electron chi connectivity index (χ1n) is 6.07. The predicted molar refractivity (Wildman–Crippen MR) is 68.9 cm³/mol. The summed E-state index contributed by atoms with van der Waals surface area (Å²) in [5, 5.41) is 3.55. The Morgan fingerprint density at radius 2 is 2.06 bits per heavy atom. The SMILES string of the molecule is CC(C)C[C@@H]1NC(=O)O[C@H]1CCSC(C)C. The Kier molecular flexibility index (Phi) is 5.46. The number of amides is 1. The van der Waals surface area contributed by atoms with E-state index in [9.17, 15) is 4.79 Å². The Hall–Kier alpha value is -0.380. The van der Waals surface area contributed by atoms with Crippen molar-refractivity contribution in [3.05, 3.63) is 0 Å². The van der Waals surface area contributed by atoms with Crippen LogP contribution in [0, 0.1) is 5.92 Å². The van der Waals surface area contributed by atoms with Crippen LogP contribution < -0.4 is 5.32 Å². The molecule has 1 aliphatic rings. The summed E-state index contributed by atoms with van der Waals surface area (Å²) in [5.41, 5.74) is 0. The van der Waals surface area contributed by atoms with Crippen molar-refractivity contribution in [1.82, 2.24) is 5.32 Å². The van der Waals surface area contributed by atoms with E-state index in [-0.39, 0.29) is 18.2 Å². The van der Waals surface area contributed by atoms with Crippen molar-refractivity contribution >= 4 is 17.9 Å². The highest BCUT2D eigenvalue weighted by molar-refractivity contribution is 7.99. The van der Waals surface area contributed by atoms with Crippen LogP contribution in [0.2, 0.25) is 0 Å². The van der Waals surface area contributed by atoms with Crippen LogP contribution in [-0.2, 0) is 4.74 Å². The molecule has 0 aromatic carbocycles. The second kappa shape index (κ2) is 6.38. The van der Waals surface area contributed by atoms with E-state index in [2.05, 4.69) is 33.0 Å². The Bertz CT molecular complexity index is 231. The monoisotopic (exact) mass is 245 g/mol. The fourth-order valence-corrected chi connectivity index (χ4v) is 2.74. The fourth-order valence-electron chi connectivity index (χ4n) is 1.90. The first-order valence-corrected chi connectivity index (χ1v) is 7.12. The molecule has 1 amide bonds. The zero-order valence-corrected chi connectivity index (χ0v) is 11.5. The second-order valence-electron chi connectivity index (χ2n) is 5.03. The minimum atomic E-state index is -0.245. The molecule has 1 saturated heterocycles. The Balaban J connectivity index is 2.34. The number of ether oxygens (including phenoxy) is 1. The molecule has 1 aliphatic heterocycles. The van der Waals surface area contributed by atoms with Gasteiger partial charge in [0.05, 0.1) is 6.04 Å². The summed E-state index contributed by atoms with van der Waals surface area (Å²) in [7, 11) is 0. The molecule has 1 rings (SSSR count). The molecule has 1 N–H and O–H groups in total. The minimum absolute atomic E-state index is 0.0705. The molecule has 94 valence electrons. The van der Waals surface area contributed by atoms with E-state index in [1.165, 1.54) is 0 Å². The van der Waals surface area contributed by atoms with Crippen LogP contribution >= 0.6 is 11.8 Å². The van der Waals surface area contributed by atoms with Crippen LogP contribution in [-0.4, -0.2) is 29.2 Å². The van der Waals surface area contributed by atoms with Crippen molar-refractivity contribution in [1.29, 1.82) is 0 Å². The molecular formula is C12H23NO2S. The number of thioether (sulfide) groups is 1. The number of carbonyl (C=O) groups excluding carboxylic acids is 1. The highest BCUT2D eigenvalue weighted by atomic mass is 32.2. The average molecular weight is 245 g/mol. The van der Waals surface area contributed by atoms with Crippen LogP contribution in [0.15, 0.2) is 0 Å². The van der Waals surface area contributed by atoms with E-state index in [0.717, 1.165) is 18.6 Å². The summed E-state index contributed by atoms with van der Waals surface area (Å²) in [6, 6.07) is 0.209. The van der Waals surface area contributed by atoms with Gasteiger partial charge in [0, 0.05) is 0 Å². The van der Waals surface area contributed by atoms with E-state index in [4.69, 9.17) is 4.74 Å². The second-order valence-corrected chi connectivity index (χ2v) is 6.72. The summed E-state index contributed by atoms with van der Waals surface area (Å²) in [6.07, 6.45) is 1.79. The number of hydrogen-bond donors (Lipinski definition) is 1. The first-order chi connectivity index (χ1) is 7.49. The molecule has 16 heavy (non-hydrogen) atoms. The molecule has 0 unspecified atom stereocenters. The standard InChI is InChI=1S/C12H23NO2S/c1-8(2)7-10-11(15-12(14)13-10)5-6-16-9(3)4/h8-11H,5-7H2,1-4H3,(H,13,14)/t10-,11-/m0/s1. The quantitative estimate of drug-likeness (QED) is 0.781. The van der Waals surface area contributed by atoms with E-state index in [1.54, 1.807) is 0 Å². The van der Waals surface area contributed by atoms with Gasteiger partial charge in [0.15, 0.2) is 0 Å². The molecule has 1 heterocycles. The van der Waals surface area contributed by atoms with Gasteiger partial charge in [-0.05, 0) is 29.8 Å². The molecule has 0 bridgehead atoms. The van der Waals surface area contributed by atoms with E-state index >= 15 is 0 Å². The molecule has 0 spiro atoms. The third-order valence-corrected chi connectivity index (χ3v) is 3.73. The van der Waals surface area contributed by atoms with Gasteiger partial charge in [-0.2, -0.15) is 11.8 Å².